The highest BCUT2D eigenvalue weighted by atomic mass is 79.9. The van der Waals surface area contributed by atoms with E-state index < -0.39 is 0 Å². The van der Waals surface area contributed by atoms with Gasteiger partial charge in [0.25, 0.3) is 0 Å². The molecule has 3 rings (SSSR count). The zero-order valence-electron chi connectivity index (χ0n) is 11.8. The fourth-order valence-electron chi connectivity index (χ4n) is 2.45. The monoisotopic (exact) mass is 366 g/mol. The quantitative estimate of drug-likeness (QED) is 0.684. The van der Waals surface area contributed by atoms with Gasteiger partial charge < -0.3 is 9.32 Å². The van der Waals surface area contributed by atoms with Gasteiger partial charge in [-0.15, -0.1) is 0 Å². The molecule has 0 radical (unpaired) electrons. The van der Waals surface area contributed by atoms with Crippen LogP contribution in [0.2, 0.25) is 5.02 Å². The molecule has 110 valence electrons. The second kappa shape index (κ2) is 6.24. The van der Waals surface area contributed by atoms with E-state index in [1.54, 1.807) is 6.21 Å². The molecule has 0 atom stereocenters. The summed E-state index contributed by atoms with van der Waals surface area (Å²) in [6.07, 6.45) is 4.18. The summed E-state index contributed by atoms with van der Waals surface area (Å²) in [5.74, 6) is 1.64. The van der Waals surface area contributed by atoms with E-state index in [1.807, 2.05) is 31.2 Å². The SMILES string of the molecule is Cc1c(Cl)cccc1N=Cc1cc(Br)c(N2CCCC2)o1. The lowest BCUT2D eigenvalue weighted by atomic mass is 10.2. The van der Waals surface area contributed by atoms with Crippen LogP contribution in [0.4, 0.5) is 11.6 Å². The molecule has 0 amide bonds. The van der Waals surface area contributed by atoms with Gasteiger partial charge in [-0.3, -0.25) is 4.99 Å². The predicted octanol–water partition coefficient (Wildman–Crippen LogP) is 5.35. The number of furan rings is 1. The molecule has 1 aromatic carbocycles. The largest absolute Gasteiger partial charge is 0.438 e. The molecule has 0 spiro atoms. The van der Waals surface area contributed by atoms with Gasteiger partial charge in [0.1, 0.15) is 5.76 Å². The Balaban J connectivity index is 1.83. The highest BCUT2D eigenvalue weighted by Crippen LogP contribution is 2.32. The van der Waals surface area contributed by atoms with Crippen LogP contribution in [0.25, 0.3) is 0 Å². The van der Waals surface area contributed by atoms with Gasteiger partial charge in [-0.25, -0.2) is 0 Å². The molecule has 0 saturated carbocycles. The standard InChI is InChI=1S/C16H16BrClN2O/c1-11-14(18)5-4-6-15(11)19-10-12-9-13(17)16(21-12)20-7-2-3-8-20/h4-6,9-10H,2-3,7-8H2,1H3. The molecular weight excluding hydrogens is 352 g/mol. The minimum atomic E-state index is 0.725. The second-order valence-electron chi connectivity index (χ2n) is 5.14. The smallest absolute Gasteiger partial charge is 0.210 e. The average Bonchev–Trinajstić information content (AvgIpc) is 3.09. The van der Waals surface area contributed by atoms with Crippen LogP contribution >= 0.6 is 27.5 Å². The highest BCUT2D eigenvalue weighted by molar-refractivity contribution is 9.10. The number of rotatable bonds is 3. The van der Waals surface area contributed by atoms with E-state index in [0.717, 1.165) is 45.5 Å². The molecule has 0 unspecified atom stereocenters. The summed E-state index contributed by atoms with van der Waals surface area (Å²) in [7, 11) is 0. The van der Waals surface area contributed by atoms with E-state index in [1.165, 1.54) is 12.8 Å². The maximum atomic E-state index is 6.10. The average molecular weight is 368 g/mol. The van der Waals surface area contributed by atoms with Crippen LogP contribution in [0, 0.1) is 6.92 Å². The normalized spacial score (nSPS) is 15.3. The second-order valence-corrected chi connectivity index (χ2v) is 6.40. The predicted molar refractivity (Wildman–Crippen MR) is 91.3 cm³/mol. The lowest BCUT2D eigenvalue weighted by Crippen LogP contribution is -2.17. The Kier molecular flexibility index (Phi) is 4.36. The van der Waals surface area contributed by atoms with E-state index in [0.29, 0.717) is 0 Å². The van der Waals surface area contributed by atoms with E-state index in [2.05, 4.69) is 25.8 Å². The van der Waals surface area contributed by atoms with Crippen LogP contribution in [0.3, 0.4) is 0 Å². The minimum absolute atomic E-state index is 0.725. The van der Waals surface area contributed by atoms with E-state index >= 15 is 0 Å². The Morgan fingerprint density at radius 2 is 2.10 bits per heavy atom. The van der Waals surface area contributed by atoms with Crippen molar-refractivity contribution in [2.24, 2.45) is 4.99 Å². The summed E-state index contributed by atoms with van der Waals surface area (Å²) in [6, 6.07) is 7.66. The molecule has 5 heteroatoms. The van der Waals surface area contributed by atoms with Gasteiger partial charge >= 0.3 is 0 Å². The van der Waals surface area contributed by atoms with E-state index in [9.17, 15) is 0 Å². The molecule has 1 saturated heterocycles. The minimum Gasteiger partial charge on any atom is -0.438 e. The number of aliphatic imine (C=N–C) groups is 1. The van der Waals surface area contributed by atoms with Crippen molar-refractivity contribution in [3.63, 3.8) is 0 Å². The van der Waals surface area contributed by atoms with Gasteiger partial charge in [0, 0.05) is 24.2 Å². The van der Waals surface area contributed by atoms with Crippen molar-refractivity contribution in [2.75, 3.05) is 18.0 Å². The Morgan fingerprint density at radius 3 is 2.86 bits per heavy atom. The van der Waals surface area contributed by atoms with Gasteiger partial charge in [0.2, 0.25) is 5.88 Å². The molecule has 0 aliphatic carbocycles. The first-order chi connectivity index (χ1) is 10.1. The van der Waals surface area contributed by atoms with Gasteiger partial charge in [-0.2, -0.15) is 0 Å². The Morgan fingerprint density at radius 1 is 1.33 bits per heavy atom. The van der Waals surface area contributed by atoms with Crippen LogP contribution in [-0.2, 0) is 0 Å². The first kappa shape index (κ1) is 14.7. The third-order valence-electron chi connectivity index (χ3n) is 3.65. The summed E-state index contributed by atoms with van der Waals surface area (Å²) in [6.45, 7) is 4.06. The van der Waals surface area contributed by atoms with Crippen LogP contribution < -0.4 is 4.90 Å². The number of benzene rings is 1. The molecule has 2 heterocycles. The maximum absolute atomic E-state index is 6.10. The molecule has 2 aromatic rings. The molecule has 1 aliphatic rings. The molecule has 1 aromatic heterocycles. The van der Waals surface area contributed by atoms with E-state index in [-0.39, 0.29) is 0 Å². The summed E-state index contributed by atoms with van der Waals surface area (Å²) in [5.41, 5.74) is 1.83. The van der Waals surface area contributed by atoms with Crippen LogP contribution in [0.1, 0.15) is 24.2 Å². The highest BCUT2D eigenvalue weighted by Gasteiger charge is 2.19. The summed E-state index contributed by atoms with van der Waals surface area (Å²) in [4.78, 5) is 6.73. The molecule has 21 heavy (non-hydrogen) atoms. The van der Waals surface area contributed by atoms with Gasteiger partial charge in [0.15, 0.2) is 0 Å². The number of halogens is 2. The third kappa shape index (κ3) is 3.16. The van der Waals surface area contributed by atoms with Gasteiger partial charge in [-0.05, 0) is 53.4 Å². The molecular formula is C16H16BrClN2O. The summed E-state index contributed by atoms with van der Waals surface area (Å²) >= 11 is 9.66. The maximum Gasteiger partial charge on any atom is 0.210 e. The first-order valence-electron chi connectivity index (χ1n) is 6.98. The van der Waals surface area contributed by atoms with Crippen molar-refractivity contribution < 1.29 is 4.42 Å². The third-order valence-corrected chi connectivity index (χ3v) is 4.63. The number of hydrogen-bond acceptors (Lipinski definition) is 3. The Labute approximate surface area is 137 Å². The van der Waals surface area contributed by atoms with Crippen molar-refractivity contribution in [1.82, 2.24) is 0 Å². The number of hydrogen-bond donors (Lipinski definition) is 0. The van der Waals surface area contributed by atoms with Crippen molar-refractivity contribution in [1.29, 1.82) is 0 Å². The molecule has 0 bridgehead atoms. The first-order valence-corrected chi connectivity index (χ1v) is 8.16. The summed E-state index contributed by atoms with van der Waals surface area (Å²) in [5, 5.41) is 0.725. The molecule has 1 fully saturated rings. The van der Waals surface area contributed by atoms with Gasteiger partial charge in [-0.1, -0.05) is 17.7 Å². The lowest BCUT2D eigenvalue weighted by molar-refractivity contribution is 0.549. The Hall–Kier alpha value is -1.26. The van der Waals surface area contributed by atoms with Crippen LogP contribution in [0.5, 0.6) is 0 Å². The molecule has 3 nitrogen and oxygen atoms in total. The molecule has 0 N–H and O–H groups in total. The topological polar surface area (TPSA) is 28.7 Å². The van der Waals surface area contributed by atoms with Crippen LogP contribution in [0.15, 0.2) is 38.1 Å². The zero-order chi connectivity index (χ0) is 14.8. The van der Waals surface area contributed by atoms with Gasteiger partial charge in [0.05, 0.1) is 16.4 Å². The van der Waals surface area contributed by atoms with Crippen molar-refractivity contribution in [2.45, 2.75) is 19.8 Å². The summed E-state index contributed by atoms with van der Waals surface area (Å²) < 4.78 is 6.87. The fourth-order valence-corrected chi connectivity index (χ4v) is 3.17. The van der Waals surface area contributed by atoms with Crippen molar-refractivity contribution in [3.05, 3.63) is 45.1 Å². The number of nitrogens with zero attached hydrogens (tertiary/aromatic N) is 2. The van der Waals surface area contributed by atoms with Crippen molar-refractivity contribution >= 4 is 45.3 Å². The Bertz CT molecular complexity index is 675. The van der Waals surface area contributed by atoms with E-state index in [4.69, 9.17) is 16.0 Å². The molecule has 1 aliphatic heterocycles. The van der Waals surface area contributed by atoms with Crippen LogP contribution in [-0.4, -0.2) is 19.3 Å². The van der Waals surface area contributed by atoms with Crippen molar-refractivity contribution in [3.8, 4) is 0 Å². The lowest BCUT2D eigenvalue weighted by Gasteiger charge is -2.13. The fraction of sp³-hybridized carbons (Fsp3) is 0.312. The number of anilines is 1. The zero-order valence-corrected chi connectivity index (χ0v) is 14.1.